The maximum atomic E-state index is 6.18. The van der Waals surface area contributed by atoms with Gasteiger partial charge < -0.3 is 10.1 Å². The SMILES string of the molecule is CCOC1(c2nc(NC)c(I)c(C(C)C)n2)CCCCC1. The van der Waals surface area contributed by atoms with E-state index in [1.165, 1.54) is 19.3 Å². The minimum absolute atomic E-state index is 0.285. The van der Waals surface area contributed by atoms with E-state index in [-0.39, 0.29) is 5.60 Å². The van der Waals surface area contributed by atoms with Gasteiger partial charge in [-0.3, -0.25) is 0 Å². The molecule has 1 heterocycles. The second-order valence-electron chi connectivity index (χ2n) is 5.99. The minimum Gasteiger partial charge on any atom is -0.372 e. The molecule has 2 rings (SSSR count). The lowest BCUT2D eigenvalue weighted by Crippen LogP contribution is -2.35. The van der Waals surface area contributed by atoms with Crippen molar-refractivity contribution in [2.45, 2.75) is 64.4 Å². The summed E-state index contributed by atoms with van der Waals surface area (Å²) in [4.78, 5) is 9.70. The molecule has 0 aliphatic heterocycles. The molecule has 0 saturated heterocycles. The molecule has 1 N–H and O–H groups in total. The van der Waals surface area contributed by atoms with Crippen LogP contribution in [0.4, 0.5) is 5.82 Å². The number of hydrogen-bond donors (Lipinski definition) is 1. The summed E-state index contributed by atoms with van der Waals surface area (Å²) in [6.45, 7) is 7.14. The Bertz CT molecular complexity index is 479. The molecule has 4 nitrogen and oxygen atoms in total. The fourth-order valence-corrected chi connectivity index (χ4v) is 4.18. The van der Waals surface area contributed by atoms with Gasteiger partial charge in [-0.2, -0.15) is 0 Å². The molecule has 0 bridgehead atoms. The molecule has 0 amide bonds. The van der Waals surface area contributed by atoms with Crippen LogP contribution in [0.1, 0.15) is 70.3 Å². The van der Waals surface area contributed by atoms with Crippen LogP contribution in [-0.4, -0.2) is 23.6 Å². The summed E-state index contributed by atoms with van der Waals surface area (Å²) in [6, 6.07) is 0. The van der Waals surface area contributed by atoms with Crippen LogP contribution in [0.2, 0.25) is 0 Å². The van der Waals surface area contributed by atoms with E-state index in [9.17, 15) is 0 Å². The first-order valence-corrected chi connectivity index (χ1v) is 9.01. The number of halogens is 1. The van der Waals surface area contributed by atoms with Gasteiger partial charge in [0.1, 0.15) is 11.4 Å². The van der Waals surface area contributed by atoms with Crippen molar-refractivity contribution in [3.8, 4) is 0 Å². The van der Waals surface area contributed by atoms with Crippen molar-refractivity contribution in [2.75, 3.05) is 19.0 Å². The molecule has 1 aliphatic carbocycles. The fraction of sp³-hybridized carbons (Fsp3) is 0.750. The van der Waals surface area contributed by atoms with E-state index in [2.05, 4.69) is 48.7 Å². The van der Waals surface area contributed by atoms with Crippen LogP contribution < -0.4 is 5.32 Å². The highest BCUT2D eigenvalue weighted by atomic mass is 127. The van der Waals surface area contributed by atoms with Crippen LogP contribution in [-0.2, 0) is 10.3 Å². The topological polar surface area (TPSA) is 47.0 Å². The number of anilines is 1. The van der Waals surface area contributed by atoms with Crippen molar-refractivity contribution in [3.05, 3.63) is 15.1 Å². The molecule has 0 aromatic carbocycles. The summed E-state index contributed by atoms with van der Waals surface area (Å²) in [6.07, 6.45) is 5.74. The Morgan fingerprint density at radius 1 is 1.24 bits per heavy atom. The predicted molar refractivity (Wildman–Crippen MR) is 94.8 cm³/mol. The van der Waals surface area contributed by atoms with Gasteiger partial charge in [0.05, 0.1) is 9.26 Å². The number of rotatable bonds is 5. The molecule has 1 saturated carbocycles. The summed E-state index contributed by atoms with van der Waals surface area (Å²) < 4.78 is 7.30. The Hall–Kier alpha value is -0.430. The second-order valence-corrected chi connectivity index (χ2v) is 7.07. The van der Waals surface area contributed by atoms with Crippen molar-refractivity contribution in [1.82, 2.24) is 9.97 Å². The van der Waals surface area contributed by atoms with Crippen molar-refractivity contribution in [2.24, 2.45) is 0 Å². The zero-order valence-electron chi connectivity index (χ0n) is 13.5. The summed E-state index contributed by atoms with van der Waals surface area (Å²) in [5.74, 6) is 2.18. The maximum absolute atomic E-state index is 6.18. The van der Waals surface area contributed by atoms with E-state index < -0.39 is 0 Å². The highest BCUT2D eigenvalue weighted by Gasteiger charge is 2.38. The van der Waals surface area contributed by atoms with E-state index in [0.717, 1.165) is 33.7 Å². The lowest BCUT2D eigenvalue weighted by molar-refractivity contribution is -0.0767. The molecule has 1 aromatic heterocycles. The van der Waals surface area contributed by atoms with Crippen LogP contribution in [0, 0.1) is 3.57 Å². The quantitative estimate of drug-likeness (QED) is 0.739. The van der Waals surface area contributed by atoms with Gasteiger partial charge in [0.2, 0.25) is 0 Å². The van der Waals surface area contributed by atoms with Gasteiger partial charge >= 0.3 is 0 Å². The van der Waals surface area contributed by atoms with Crippen molar-refractivity contribution in [1.29, 1.82) is 0 Å². The lowest BCUT2D eigenvalue weighted by atomic mass is 9.83. The Kier molecular flexibility index (Phi) is 5.82. The van der Waals surface area contributed by atoms with Gasteiger partial charge in [-0.1, -0.05) is 33.1 Å². The molecule has 1 fully saturated rings. The van der Waals surface area contributed by atoms with Gasteiger partial charge in [0, 0.05) is 13.7 Å². The molecule has 0 spiro atoms. The Labute approximate surface area is 141 Å². The first kappa shape index (κ1) is 16.9. The predicted octanol–water partition coefficient (Wildman–Crippen LogP) is 4.44. The standard InChI is InChI=1S/C16H26IN3O/c1-5-21-16(9-7-6-8-10-16)15-19-13(11(2)3)12(17)14(18-4)20-15/h11H,5-10H2,1-4H3,(H,18,19,20). The largest absolute Gasteiger partial charge is 0.372 e. The first-order chi connectivity index (χ1) is 10.0. The number of ether oxygens (including phenoxy) is 1. The van der Waals surface area contributed by atoms with E-state index >= 15 is 0 Å². The number of hydrogen-bond acceptors (Lipinski definition) is 4. The number of nitrogens with zero attached hydrogens (tertiary/aromatic N) is 2. The summed E-state index contributed by atoms with van der Waals surface area (Å²) in [7, 11) is 1.92. The molecule has 0 atom stereocenters. The molecular formula is C16H26IN3O. The minimum atomic E-state index is -0.285. The average molecular weight is 403 g/mol. The first-order valence-electron chi connectivity index (χ1n) is 7.93. The molecule has 5 heteroatoms. The van der Waals surface area contributed by atoms with E-state index in [4.69, 9.17) is 14.7 Å². The molecule has 0 radical (unpaired) electrons. The summed E-state index contributed by atoms with van der Waals surface area (Å²) in [5.41, 5.74) is 0.835. The maximum Gasteiger partial charge on any atom is 0.162 e. The smallest absolute Gasteiger partial charge is 0.162 e. The van der Waals surface area contributed by atoms with E-state index in [1.807, 2.05) is 7.05 Å². The zero-order chi connectivity index (χ0) is 15.5. The third-order valence-electron chi connectivity index (χ3n) is 4.15. The Morgan fingerprint density at radius 3 is 2.43 bits per heavy atom. The van der Waals surface area contributed by atoms with Crippen LogP contribution in [0.15, 0.2) is 0 Å². The Balaban J connectivity index is 2.51. The average Bonchev–Trinajstić information content (AvgIpc) is 2.48. The highest BCUT2D eigenvalue weighted by molar-refractivity contribution is 14.1. The third-order valence-corrected chi connectivity index (χ3v) is 5.21. The van der Waals surface area contributed by atoms with Gasteiger partial charge in [-0.05, 0) is 48.3 Å². The molecule has 21 heavy (non-hydrogen) atoms. The normalized spacial score (nSPS) is 18.0. The van der Waals surface area contributed by atoms with Crippen molar-refractivity contribution >= 4 is 28.4 Å². The summed E-state index contributed by atoms with van der Waals surface area (Å²) in [5, 5.41) is 3.22. The number of aromatic nitrogens is 2. The Morgan fingerprint density at radius 2 is 1.90 bits per heavy atom. The molecule has 0 unspecified atom stereocenters. The lowest BCUT2D eigenvalue weighted by Gasteiger charge is -2.36. The van der Waals surface area contributed by atoms with Gasteiger partial charge in [0.15, 0.2) is 5.82 Å². The van der Waals surface area contributed by atoms with E-state index in [0.29, 0.717) is 12.5 Å². The summed E-state index contributed by atoms with van der Waals surface area (Å²) >= 11 is 2.34. The monoisotopic (exact) mass is 403 g/mol. The van der Waals surface area contributed by atoms with Crippen LogP contribution in [0.3, 0.4) is 0 Å². The number of nitrogens with one attached hydrogen (secondary N) is 1. The van der Waals surface area contributed by atoms with Crippen molar-refractivity contribution in [3.63, 3.8) is 0 Å². The highest BCUT2D eigenvalue weighted by Crippen LogP contribution is 2.40. The van der Waals surface area contributed by atoms with Crippen molar-refractivity contribution < 1.29 is 4.74 Å². The molecule has 1 aromatic rings. The van der Waals surface area contributed by atoms with Crippen LogP contribution in [0.25, 0.3) is 0 Å². The van der Waals surface area contributed by atoms with Gasteiger partial charge in [-0.25, -0.2) is 9.97 Å². The molecule has 118 valence electrons. The fourth-order valence-electron chi connectivity index (χ4n) is 3.05. The molecular weight excluding hydrogens is 377 g/mol. The zero-order valence-corrected chi connectivity index (χ0v) is 15.7. The van der Waals surface area contributed by atoms with Gasteiger partial charge in [-0.15, -0.1) is 0 Å². The van der Waals surface area contributed by atoms with Crippen LogP contribution in [0.5, 0.6) is 0 Å². The van der Waals surface area contributed by atoms with Gasteiger partial charge in [0.25, 0.3) is 0 Å². The van der Waals surface area contributed by atoms with Crippen LogP contribution >= 0.6 is 22.6 Å². The third kappa shape index (κ3) is 3.50. The molecule has 1 aliphatic rings. The van der Waals surface area contributed by atoms with E-state index in [1.54, 1.807) is 0 Å². The second kappa shape index (κ2) is 7.22.